The number of sulfonamides is 1. The highest BCUT2D eigenvalue weighted by Crippen LogP contribution is 2.34. The summed E-state index contributed by atoms with van der Waals surface area (Å²) >= 11 is 0. The molecule has 3 rings (SSSR count). The van der Waals surface area contributed by atoms with E-state index in [0.717, 1.165) is 16.7 Å². The molecule has 2 aromatic rings. The van der Waals surface area contributed by atoms with Crippen LogP contribution in [0.25, 0.3) is 11.1 Å². The van der Waals surface area contributed by atoms with Gasteiger partial charge in [-0.2, -0.15) is 4.31 Å². The molecule has 0 fully saturated rings. The minimum absolute atomic E-state index is 0.326. The molecule has 0 saturated carbocycles. The third-order valence-corrected chi connectivity index (χ3v) is 6.17. The highest BCUT2D eigenvalue weighted by Gasteiger charge is 2.20. The van der Waals surface area contributed by atoms with Gasteiger partial charge in [0.1, 0.15) is 0 Å². The summed E-state index contributed by atoms with van der Waals surface area (Å²) in [5.74, 6) is 0. The first-order valence-electron chi connectivity index (χ1n) is 7.91. The van der Waals surface area contributed by atoms with E-state index in [0.29, 0.717) is 11.4 Å². The molecule has 0 bridgehead atoms. The Labute approximate surface area is 144 Å². The minimum atomic E-state index is -3.47. The largest absolute Gasteiger partial charge is 0.243 e. The fourth-order valence-corrected chi connectivity index (χ4v) is 3.96. The van der Waals surface area contributed by atoms with Crippen LogP contribution >= 0.6 is 0 Å². The quantitative estimate of drug-likeness (QED) is 0.840. The Hall–Kier alpha value is -2.17. The minimum Gasteiger partial charge on any atom is -0.207 e. The van der Waals surface area contributed by atoms with Crippen LogP contribution in [0.4, 0.5) is 0 Å². The fraction of sp³-hybridized carbons (Fsp3) is 0.200. The number of likely N-dealkylation sites (N-methyl/N-ethyl adjacent to an activating group) is 1. The van der Waals surface area contributed by atoms with Crippen LogP contribution in [0.1, 0.15) is 23.6 Å². The van der Waals surface area contributed by atoms with Crippen LogP contribution in [0.2, 0.25) is 0 Å². The van der Waals surface area contributed by atoms with Gasteiger partial charge in [0.25, 0.3) is 0 Å². The molecular formula is C20H21NO2S. The second-order valence-electron chi connectivity index (χ2n) is 6.13. The van der Waals surface area contributed by atoms with Crippen molar-refractivity contribution in [1.29, 1.82) is 0 Å². The van der Waals surface area contributed by atoms with E-state index in [1.807, 2.05) is 37.3 Å². The molecule has 0 aliphatic heterocycles. The summed E-state index contributed by atoms with van der Waals surface area (Å²) in [4.78, 5) is 0.326. The number of fused-ring (bicyclic) bond motifs is 1. The predicted octanol–water partition coefficient (Wildman–Crippen LogP) is 4.12. The number of hydrogen-bond donors (Lipinski definition) is 0. The molecular weight excluding hydrogens is 318 g/mol. The number of hydrogen-bond acceptors (Lipinski definition) is 2. The SMILES string of the molecule is CC1=C/C(=C\CN(C)S(=O)(=O)c2ccc(C)cc2)c2ccccc21. The zero-order valence-corrected chi connectivity index (χ0v) is 15.0. The first-order valence-corrected chi connectivity index (χ1v) is 9.35. The molecule has 0 spiro atoms. The van der Waals surface area contributed by atoms with Crippen molar-refractivity contribution in [2.75, 3.05) is 13.6 Å². The van der Waals surface area contributed by atoms with Gasteiger partial charge < -0.3 is 0 Å². The van der Waals surface area contributed by atoms with Gasteiger partial charge in [0.15, 0.2) is 0 Å². The van der Waals surface area contributed by atoms with Crippen molar-refractivity contribution >= 4 is 21.2 Å². The lowest BCUT2D eigenvalue weighted by Gasteiger charge is -2.16. The Morgan fingerprint density at radius 2 is 1.58 bits per heavy atom. The zero-order chi connectivity index (χ0) is 17.3. The number of rotatable bonds is 4. The smallest absolute Gasteiger partial charge is 0.207 e. The van der Waals surface area contributed by atoms with Gasteiger partial charge in [0, 0.05) is 13.6 Å². The van der Waals surface area contributed by atoms with Crippen molar-refractivity contribution in [1.82, 2.24) is 4.31 Å². The summed E-state index contributed by atoms with van der Waals surface area (Å²) in [5, 5.41) is 0. The lowest BCUT2D eigenvalue weighted by molar-refractivity contribution is 0.499. The van der Waals surface area contributed by atoms with Gasteiger partial charge in [0.05, 0.1) is 4.90 Å². The highest BCUT2D eigenvalue weighted by molar-refractivity contribution is 7.89. The Morgan fingerprint density at radius 1 is 0.958 bits per heavy atom. The van der Waals surface area contributed by atoms with E-state index in [4.69, 9.17) is 0 Å². The maximum Gasteiger partial charge on any atom is 0.243 e. The summed E-state index contributed by atoms with van der Waals surface area (Å²) in [5.41, 5.74) is 5.71. The molecule has 0 heterocycles. The second kappa shape index (κ2) is 6.38. The van der Waals surface area contributed by atoms with E-state index in [-0.39, 0.29) is 0 Å². The third kappa shape index (κ3) is 3.07. The molecule has 3 nitrogen and oxygen atoms in total. The summed E-state index contributed by atoms with van der Waals surface area (Å²) in [7, 11) is -1.86. The lowest BCUT2D eigenvalue weighted by atomic mass is 10.0. The predicted molar refractivity (Wildman–Crippen MR) is 99.1 cm³/mol. The highest BCUT2D eigenvalue weighted by atomic mass is 32.2. The van der Waals surface area contributed by atoms with E-state index in [1.54, 1.807) is 19.2 Å². The van der Waals surface area contributed by atoms with Gasteiger partial charge in [0.2, 0.25) is 10.0 Å². The Balaban J connectivity index is 1.83. The first-order chi connectivity index (χ1) is 11.4. The fourth-order valence-electron chi connectivity index (χ4n) is 2.85. The molecule has 1 aliphatic carbocycles. The molecule has 0 radical (unpaired) electrons. The molecule has 0 amide bonds. The maximum atomic E-state index is 12.6. The molecule has 0 saturated heterocycles. The van der Waals surface area contributed by atoms with E-state index >= 15 is 0 Å². The summed E-state index contributed by atoms with van der Waals surface area (Å²) in [6.45, 7) is 4.35. The topological polar surface area (TPSA) is 37.4 Å². The molecule has 124 valence electrons. The van der Waals surface area contributed by atoms with Crippen LogP contribution in [0, 0.1) is 6.92 Å². The van der Waals surface area contributed by atoms with Crippen molar-refractivity contribution < 1.29 is 8.42 Å². The monoisotopic (exact) mass is 339 g/mol. The standard InChI is InChI=1S/C20H21NO2S/c1-15-8-10-18(11-9-15)24(22,23)21(3)13-12-17-14-16(2)19-6-4-5-7-20(17)19/h4-12,14H,13H2,1-3H3/b17-12+. The number of aryl methyl sites for hydroxylation is 1. The zero-order valence-electron chi connectivity index (χ0n) is 14.2. The van der Waals surface area contributed by atoms with Crippen molar-refractivity contribution in [3.63, 3.8) is 0 Å². The summed E-state index contributed by atoms with van der Waals surface area (Å²) in [6, 6.07) is 15.1. The van der Waals surface area contributed by atoms with Crippen LogP contribution in [0.3, 0.4) is 0 Å². The summed E-state index contributed by atoms with van der Waals surface area (Å²) < 4.78 is 26.7. The molecule has 1 aliphatic rings. The molecule has 4 heteroatoms. The van der Waals surface area contributed by atoms with Gasteiger partial charge >= 0.3 is 0 Å². The average molecular weight is 339 g/mol. The van der Waals surface area contributed by atoms with E-state index < -0.39 is 10.0 Å². The van der Waals surface area contributed by atoms with Gasteiger partial charge in [-0.3, -0.25) is 0 Å². The number of benzene rings is 2. The van der Waals surface area contributed by atoms with Crippen LogP contribution in [-0.2, 0) is 10.0 Å². The van der Waals surface area contributed by atoms with Gasteiger partial charge in [-0.15, -0.1) is 0 Å². The molecule has 2 aromatic carbocycles. The molecule has 0 unspecified atom stereocenters. The molecule has 24 heavy (non-hydrogen) atoms. The van der Waals surface area contributed by atoms with Crippen molar-refractivity contribution in [2.45, 2.75) is 18.7 Å². The number of nitrogens with zero attached hydrogens (tertiary/aromatic N) is 1. The van der Waals surface area contributed by atoms with Crippen LogP contribution in [0.5, 0.6) is 0 Å². The average Bonchev–Trinajstić information content (AvgIpc) is 2.89. The maximum absolute atomic E-state index is 12.6. The number of allylic oxidation sites excluding steroid dienone is 3. The van der Waals surface area contributed by atoms with E-state index in [1.165, 1.54) is 15.4 Å². The lowest BCUT2D eigenvalue weighted by Crippen LogP contribution is -2.27. The molecule has 0 N–H and O–H groups in total. The Morgan fingerprint density at radius 3 is 2.25 bits per heavy atom. The Bertz CT molecular complexity index is 922. The van der Waals surface area contributed by atoms with Crippen molar-refractivity contribution in [2.24, 2.45) is 0 Å². The van der Waals surface area contributed by atoms with Crippen LogP contribution in [0.15, 0.2) is 65.6 Å². The van der Waals surface area contributed by atoms with Crippen molar-refractivity contribution in [3.05, 3.63) is 77.4 Å². The van der Waals surface area contributed by atoms with Gasteiger partial charge in [-0.25, -0.2) is 8.42 Å². The first kappa shape index (κ1) is 16.7. The molecule has 0 atom stereocenters. The van der Waals surface area contributed by atoms with Crippen LogP contribution < -0.4 is 0 Å². The van der Waals surface area contributed by atoms with Crippen molar-refractivity contribution in [3.8, 4) is 0 Å². The molecule has 0 aromatic heterocycles. The van der Waals surface area contributed by atoms with Gasteiger partial charge in [-0.1, -0.05) is 54.1 Å². The third-order valence-electron chi connectivity index (χ3n) is 4.33. The van der Waals surface area contributed by atoms with Gasteiger partial charge in [-0.05, 0) is 48.3 Å². The second-order valence-corrected chi connectivity index (χ2v) is 8.18. The van der Waals surface area contributed by atoms with Crippen LogP contribution in [-0.4, -0.2) is 26.3 Å². The summed E-state index contributed by atoms with van der Waals surface area (Å²) in [6.07, 6.45) is 4.08. The normalized spacial score (nSPS) is 15.7. The Kier molecular flexibility index (Phi) is 4.43. The van der Waals surface area contributed by atoms with E-state index in [9.17, 15) is 8.42 Å². The van der Waals surface area contributed by atoms with E-state index in [2.05, 4.69) is 25.1 Å².